The van der Waals surface area contributed by atoms with E-state index in [0.717, 1.165) is 23.7 Å². The maximum atomic E-state index is 12.2. The van der Waals surface area contributed by atoms with Crippen molar-refractivity contribution in [2.75, 3.05) is 6.61 Å². The van der Waals surface area contributed by atoms with E-state index in [1.807, 2.05) is 0 Å². The Kier molecular flexibility index (Phi) is 7.40. The van der Waals surface area contributed by atoms with Crippen LogP contribution in [0.5, 0.6) is 11.5 Å². The SMILES string of the molecule is CCCCCOc1c(Cl)cc(C(=O)Oc2ccc(Br)cc2)cc1Cl. The first kappa shape index (κ1) is 19.1. The number of carbonyl (C=O) groups excluding carboxylic acids is 1. The minimum Gasteiger partial charge on any atom is -0.490 e. The van der Waals surface area contributed by atoms with Crippen LogP contribution in [0.25, 0.3) is 0 Å². The maximum Gasteiger partial charge on any atom is 0.343 e. The molecule has 0 N–H and O–H groups in total. The van der Waals surface area contributed by atoms with E-state index in [0.29, 0.717) is 28.2 Å². The molecule has 0 spiro atoms. The summed E-state index contributed by atoms with van der Waals surface area (Å²) in [6, 6.07) is 9.96. The van der Waals surface area contributed by atoms with Gasteiger partial charge < -0.3 is 9.47 Å². The zero-order chi connectivity index (χ0) is 17.5. The lowest BCUT2D eigenvalue weighted by Crippen LogP contribution is -2.09. The molecule has 2 aromatic rings. The number of hydrogen-bond acceptors (Lipinski definition) is 3. The Morgan fingerprint density at radius 1 is 1.08 bits per heavy atom. The van der Waals surface area contributed by atoms with Gasteiger partial charge in [0.15, 0.2) is 5.75 Å². The third-order valence-corrected chi connectivity index (χ3v) is 4.34. The first-order valence-electron chi connectivity index (χ1n) is 7.61. The molecule has 0 aliphatic rings. The normalized spacial score (nSPS) is 10.5. The van der Waals surface area contributed by atoms with Gasteiger partial charge in [0.25, 0.3) is 0 Å². The molecule has 0 saturated carbocycles. The zero-order valence-electron chi connectivity index (χ0n) is 13.2. The summed E-state index contributed by atoms with van der Waals surface area (Å²) in [5.41, 5.74) is 0.272. The van der Waals surface area contributed by atoms with Crippen LogP contribution in [0.15, 0.2) is 40.9 Å². The van der Waals surface area contributed by atoms with Gasteiger partial charge in [0.1, 0.15) is 5.75 Å². The molecule has 0 atom stereocenters. The van der Waals surface area contributed by atoms with Crippen LogP contribution >= 0.6 is 39.1 Å². The van der Waals surface area contributed by atoms with E-state index in [1.165, 1.54) is 12.1 Å². The van der Waals surface area contributed by atoms with E-state index in [-0.39, 0.29) is 5.56 Å². The monoisotopic (exact) mass is 430 g/mol. The van der Waals surface area contributed by atoms with E-state index >= 15 is 0 Å². The molecule has 2 rings (SSSR count). The van der Waals surface area contributed by atoms with Crippen LogP contribution in [-0.2, 0) is 0 Å². The molecule has 3 nitrogen and oxygen atoms in total. The number of ether oxygens (including phenoxy) is 2. The fraction of sp³-hybridized carbons (Fsp3) is 0.278. The van der Waals surface area contributed by atoms with E-state index < -0.39 is 5.97 Å². The molecule has 0 unspecified atom stereocenters. The Balaban J connectivity index is 2.07. The summed E-state index contributed by atoms with van der Waals surface area (Å²) >= 11 is 15.7. The lowest BCUT2D eigenvalue weighted by molar-refractivity contribution is 0.0734. The van der Waals surface area contributed by atoms with Crippen molar-refractivity contribution in [3.05, 3.63) is 56.5 Å². The highest BCUT2D eigenvalue weighted by Crippen LogP contribution is 2.34. The maximum absolute atomic E-state index is 12.2. The quantitative estimate of drug-likeness (QED) is 0.283. The van der Waals surface area contributed by atoms with E-state index in [9.17, 15) is 4.79 Å². The Morgan fingerprint density at radius 3 is 2.29 bits per heavy atom. The minimum absolute atomic E-state index is 0.272. The van der Waals surface area contributed by atoms with Crippen LogP contribution in [0.3, 0.4) is 0 Å². The molecule has 0 saturated heterocycles. The largest absolute Gasteiger partial charge is 0.490 e. The number of hydrogen-bond donors (Lipinski definition) is 0. The Hall–Kier alpha value is -1.23. The summed E-state index contributed by atoms with van der Waals surface area (Å²) in [7, 11) is 0. The average Bonchev–Trinajstić information content (AvgIpc) is 2.55. The lowest BCUT2D eigenvalue weighted by atomic mass is 10.2. The highest BCUT2D eigenvalue weighted by molar-refractivity contribution is 9.10. The van der Waals surface area contributed by atoms with Crippen molar-refractivity contribution in [1.82, 2.24) is 0 Å². The van der Waals surface area contributed by atoms with E-state index in [4.69, 9.17) is 32.7 Å². The Morgan fingerprint density at radius 2 is 1.71 bits per heavy atom. The second kappa shape index (κ2) is 9.30. The minimum atomic E-state index is -0.529. The third kappa shape index (κ3) is 5.40. The van der Waals surface area contributed by atoms with Crippen molar-refractivity contribution >= 4 is 45.1 Å². The van der Waals surface area contributed by atoms with Gasteiger partial charge in [-0.05, 0) is 42.8 Å². The van der Waals surface area contributed by atoms with Crippen molar-refractivity contribution in [3.8, 4) is 11.5 Å². The summed E-state index contributed by atoms with van der Waals surface area (Å²) in [5, 5.41) is 0.587. The van der Waals surface area contributed by atoms with Crippen molar-refractivity contribution in [1.29, 1.82) is 0 Å². The van der Waals surface area contributed by atoms with Gasteiger partial charge in [0.2, 0.25) is 0 Å². The van der Waals surface area contributed by atoms with Crippen molar-refractivity contribution in [2.45, 2.75) is 26.2 Å². The van der Waals surface area contributed by atoms with Crippen molar-refractivity contribution in [2.24, 2.45) is 0 Å². The molecule has 24 heavy (non-hydrogen) atoms. The predicted molar refractivity (Wildman–Crippen MR) is 101 cm³/mol. The molecule has 2 aromatic carbocycles. The molecule has 0 bridgehead atoms. The van der Waals surface area contributed by atoms with E-state index in [1.54, 1.807) is 24.3 Å². The number of rotatable bonds is 7. The molecule has 6 heteroatoms. The molecular weight excluding hydrogens is 415 g/mol. The van der Waals surface area contributed by atoms with Crippen LogP contribution in [0.2, 0.25) is 10.0 Å². The zero-order valence-corrected chi connectivity index (χ0v) is 16.2. The first-order chi connectivity index (χ1) is 11.5. The second-order valence-electron chi connectivity index (χ2n) is 5.17. The summed E-state index contributed by atoms with van der Waals surface area (Å²) in [6.45, 7) is 2.65. The van der Waals surface area contributed by atoms with Crippen LogP contribution in [0.1, 0.15) is 36.5 Å². The Labute approximate surface area is 160 Å². The van der Waals surface area contributed by atoms with Gasteiger partial charge in [-0.1, -0.05) is 58.9 Å². The third-order valence-electron chi connectivity index (χ3n) is 3.25. The molecule has 0 heterocycles. The smallest absolute Gasteiger partial charge is 0.343 e. The van der Waals surface area contributed by atoms with E-state index in [2.05, 4.69) is 22.9 Å². The van der Waals surface area contributed by atoms with Crippen LogP contribution in [0.4, 0.5) is 0 Å². The summed E-state index contributed by atoms with van der Waals surface area (Å²) in [4.78, 5) is 12.2. The first-order valence-corrected chi connectivity index (χ1v) is 9.15. The molecule has 0 aromatic heterocycles. The van der Waals surface area contributed by atoms with Gasteiger partial charge in [-0.15, -0.1) is 0 Å². The highest BCUT2D eigenvalue weighted by atomic mass is 79.9. The number of esters is 1. The molecule has 0 amide bonds. The van der Waals surface area contributed by atoms with Gasteiger partial charge in [-0.2, -0.15) is 0 Å². The molecule has 0 aliphatic heterocycles. The average molecular weight is 432 g/mol. The van der Waals surface area contributed by atoms with Gasteiger partial charge in [-0.25, -0.2) is 4.79 Å². The molecule has 0 fully saturated rings. The van der Waals surface area contributed by atoms with Crippen molar-refractivity contribution in [3.63, 3.8) is 0 Å². The number of carbonyl (C=O) groups is 1. The number of benzene rings is 2. The fourth-order valence-electron chi connectivity index (χ4n) is 2.01. The molecule has 0 radical (unpaired) electrons. The Bertz CT molecular complexity index is 679. The summed E-state index contributed by atoms with van der Waals surface area (Å²) < 4.78 is 11.8. The van der Waals surface area contributed by atoms with Gasteiger partial charge in [0, 0.05) is 4.47 Å². The van der Waals surface area contributed by atoms with Gasteiger partial charge in [0.05, 0.1) is 22.2 Å². The topological polar surface area (TPSA) is 35.5 Å². The predicted octanol–water partition coefficient (Wildman–Crippen LogP) is 6.54. The second-order valence-corrected chi connectivity index (χ2v) is 6.90. The summed E-state index contributed by atoms with van der Waals surface area (Å²) in [6.07, 6.45) is 3.11. The number of unbranched alkanes of at least 4 members (excludes halogenated alkanes) is 2. The molecular formula is C18H17BrCl2O3. The van der Waals surface area contributed by atoms with Crippen LogP contribution in [0, 0.1) is 0 Å². The molecule has 128 valence electrons. The molecule has 0 aliphatic carbocycles. The van der Waals surface area contributed by atoms with Crippen LogP contribution < -0.4 is 9.47 Å². The van der Waals surface area contributed by atoms with Crippen LogP contribution in [-0.4, -0.2) is 12.6 Å². The summed E-state index contributed by atoms with van der Waals surface area (Å²) in [5.74, 6) is 0.309. The lowest BCUT2D eigenvalue weighted by Gasteiger charge is -2.11. The van der Waals surface area contributed by atoms with Gasteiger partial charge >= 0.3 is 5.97 Å². The fourth-order valence-corrected chi connectivity index (χ4v) is 2.87. The standard InChI is InChI=1S/C18H17BrCl2O3/c1-2-3-4-9-23-17-15(20)10-12(11-16(17)21)18(22)24-14-7-5-13(19)6-8-14/h5-8,10-11H,2-4,9H2,1H3. The number of halogens is 3. The van der Waals surface area contributed by atoms with Crippen molar-refractivity contribution < 1.29 is 14.3 Å². The highest BCUT2D eigenvalue weighted by Gasteiger charge is 2.16. The van der Waals surface area contributed by atoms with Gasteiger partial charge in [-0.3, -0.25) is 0 Å².